The molecule has 6 nitrogen and oxygen atoms in total. The number of hydrogen-bond acceptors (Lipinski definition) is 6. The molecular weight excluding hydrogens is 288 g/mol. The summed E-state index contributed by atoms with van der Waals surface area (Å²) in [5.41, 5.74) is 0.0548. The molecular formula is C11H8N2O4S2. The molecule has 19 heavy (non-hydrogen) atoms. The van der Waals surface area contributed by atoms with Crippen LogP contribution in [0.3, 0.4) is 0 Å². The first kappa shape index (κ1) is 13.5. The van der Waals surface area contributed by atoms with Gasteiger partial charge in [-0.05, 0) is 17.7 Å². The van der Waals surface area contributed by atoms with Gasteiger partial charge < -0.3 is 5.11 Å². The van der Waals surface area contributed by atoms with Gasteiger partial charge in [-0.2, -0.15) is 0 Å². The van der Waals surface area contributed by atoms with E-state index in [-0.39, 0.29) is 5.91 Å². The van der Waals surface area contributed by atoms with E-state index in [9.17, 15) is 20.0 Å². The standard InChI is InChI=1S/C11H8N2O4S2/c1-12-10(15)9(19-11(12)18)5-6-2-3-8(14)7(4-6)13(16)17/h2-5,14H,1H3. The Hall–Kier alpha value is -1.93. The fourth-order valence-electron chi connectivity index (χ4n) is 1.47. The zero-order chi connectivity index (χ0) is 14.2. The summed E-state index contributed by atoms with van der Waals surface area (Å²) in [7, 11) is 1.57. The summed E-state index contributed by atoms with van der Waals surface area (Å²) in [6.45, 7) is 0. The zero-order valence-electron chi connectivity index (χ0n) is 9.69. The van der Waals surface area contributed by atoms with Gasteiger partial charge in [0.1, 0.15) is 4.32 Å². The minimum Gasteiger partial charge on any atom is -0.502 e. The number of phenolic OH excluding ortho intramolecular Hbond substituents is 1. The summed E-state index contributed by atoms with van der Waals surface area (Å²) in [4.78, 5) is 23.5. The van der Waals surface area contributed by atoms with Crippen molar-refractivity contribution in [2.45, 2.75) is 0 Å². The number of nitrogens with zero attached hydrogens (tertiary/aromatic N) is 2. The number of aromatic hydroxyl groups is 1. The minimum absolute atomic E-state index is 0.245. The number of hydrogen-bond donors (Lipinski definition) is 1. The van der Waals surface area contributed by atoms with Crippen molar-refractivity contribution in [3.8, 4) is 5.75 Å². The molecule has 98 valence electrons. The minimum atomic E-state index is -0.683. The van der Waals surface area contributed by atoms with E-state index in [0.29, 0.717) is 14.8 Å². The molecule has 1 aliphatic heterocycles. The van der Waals surface area contributed by atoms with Gasteiger partial charge in [-0.15, -0.1) is 0 Å². The van der Waals surface area contributed by atoms with Crippen LogP contribution in [0.15, 0.2) is 23.1 Å². The Morgan fingerprint density at radius 3 is 2.74 bits per heavy atom. The fraction of sp³-hybridized carbons (Fsp3) is 0.0909. The molecule has 1 N–H and O–H groups in total. The number of benzene rings is 1. The summed E-state index contributed by atoms with van der Waals surface area (Å²) >= 11 is 6.11. The van der Waals surface area contributed by atoms with Crippen molar-refractivity contribution in [1.29, 1.82) is 0 Å². The van der Waals surface area contributed by atoms with Crippen molar-refractivity contribution in [2.24, 2.45) is 0 Å². The Bertz CT molecular complexity index is 627. The van der Waals surface area contributed by atoms with E-state index in [4.69, 9.17) is 12.2 Å². The molecule has 1 amide bonds. The number of nitro benzene ring substituents is 1. The lowest BCUT2D eigenvalue weighted by Crippen LogP contribution is -2.22. The normalized spacial score (nSPS) is 17.3. The van der Waals surface area contributed by atoms with Gasteiger partial charge in [0.15, 0.2) is 5.75 Å². The molecule has 1 fully saturated rings. The highest BCUT2D eigenvalue weighted by atomic mass is 32.2. The van der Waals surface area contributed by atoms with Crippen LogP contribution in [-0.2, 0) is 4.79 Å². The summed E-state index contributed by atoms with van der Waals surface area (Å²) in [6, 6.07) is 3.92. The van der Waals surface area contributed by atoms with E-state index in [0.717, 1.165) is 11.8 Å². The average Bonchev–Trinajstić information content (AvgIpc) is 2.59. The molecule has 1 aliphatic rings. The van der Waals surface area contributed by atoms with Gasteiger partial charge in [0.25, 0.3) is 5.91 Å². The first-order valence-electron chi connectivity index (χ1n) is 5.09. The molecule has 8 heteroatoms. The molecule has 1 saturated heterocycles. The molecule has 1 aromatic rings. The second-order valence-corrected chi connectivity index (χ2v) is 5.42. The van der Waals surface area contributed by atoms with E-state index in [2.05, 4.69) is 0 Å². The van der Waals surface area contributed by atoms with Gasteiger partial charge in [0.05, 0.1) is 9.83 Å². The van der Waals surface area contributed by atoms with Crippen LogP contribution in [0.5, 0.6) is 5.75 Å². The maximum atomic E-state index is 11.8. The Morgan fingerprint density at radius 2 is 2.21 bits per heavy atom. The highest BCUT2D eigenvalue weighted by Gasteiger charge is 2.28. The van der Waals surface area contributed by atoms with E-state index in [1.165, 1.54) is 29.2 Å². The zero-order valence-corrected chi connectivity index (χ0v) is 11.3. The summed E-state index contributed by atoms with van der Waals surface area (Å²) in [5.74, 6) is -0.657. The van der Waals surface area contributed by atoms with Crippen molar-refractivity contribution in [1.82, 2.24) is 4.90 Å². The number of carbonyl (C=O) groups is 1. The smallest absolute Gasteiger partial charge is 0.311 e. The highest BCUT2D eigenvalue weighted by molar-refractivity contribution is 8.26. The van der Waals surface area contributed by atoms with E-state index < -0.39 is 16.4 Å². The number of amides is 1. The van der Waals surface area contributed by atoms with Crippen molar-refractivity contribution in [3.63, 3.8) is 0 Å². The first-order valence-corrected chi connectivity index (χ1v) is 6.31. The maximum Gasteiger partial charge on any atom is 0.311 e. The van der Waals surface area contributed by atoms with E-state index >= 15 is 0 Å². The van der Waals surface area contributed by atoms with Crippen LogP contribution in [0.4, 0.5) is 5.69 Å². The lowest BCUT2D eigenvalue weighted by atomic mass is 10.1. The highest BCUT2D eigenvalue weighted by Crippen LogP contribution is 2.33. The van der Waals surface area contributed by atoms with Crippen molar-refractivity contribution in [2.75, 3.05) is 7.05 Å². The first-order chi connectivity index (χ1) is 8.90. The molecule has 0 bridgehead atoms. The van der Waals surface area contributed by atoms with Crippen LogP contribution in [0.25, 0.3) is 6.08 Å². The number of rotatable bonds is 2. The van der Waals surface area contributed by atoms with Crippen LogP contribution in [0.1, 0.15) is 5.56 Å². The monoisotopic (exact) mass is 296 g/mol. The molecule has 0 aromatic heterocycles. The van der Waals surface area contributed by atoms with Crippen molar-refractivity contribution >= 4 is 46.0 Å². The molecule has 0 unspecified atom stereocenters. The lowest BCUT2D eigenvalue weighted by molar-refractivity contribution is -0.385. The lowest BCUT2D eigenvalue weighted by Gasteiger charge is -2.03. The third kappa shape index (κ3) is 2.59. The van der Waals surface area contributed by atoms with Crippen LogP contribution in [0.2, 0.25) is 0 Å². The number of thioether (sulfide) groups is 1. The predicted octanol–water partition coefficient (Wildman–Crippen LogP) is 2.13. The summed E-state index contributed by atoms with van der Waals surface area (Å²) in [6.07, 6.45) is 1.51. The Kier molecular flexibility index (Phi) is 3.54. The molecule has 0 saturated carbocycles. The van der Waals surface area contributed by atoms with Gasteiger partial charge >= 0.3 is 5.69 Å². The van der Waals surface area contributed by atoms with Crippen LogP contribution in [-0.4, -0.2) is 32.2 Å². The van der Waals surface area contributed by atoms with Gasteiger partial charge in [-0.3, -0.25) is 19.8 Å². The van der Waals surface area contributed by atoms with Crippen LogP contribution < -0.4 is 0 Å². The maximum absolute atomic E-state index is 11.8. The van der Waals surface area contributed by atoms with Crippen LogP contribution >= 0.6 is 24.0 Å². The van der Waals surface area contributed by atoms with Crippen molar-refractivity contribution < 1.29 is 14.8 Å². The largest absolute Gasteiger partial charge is 0.502 e. The van der Waals surface area contributed by atoms with Gasteiger partial charge in [0.2, 0.25) is 0 Å². The molecule has 1 aromatic carbocycles. The van der Waals surface area contributed by atoms with Crippen molar-refractivity contribution in [3.05, 3.63) is 38.8 Å². The Labute approximate surface area is 117 Å². The van der Waals surface area contributed by atoms with Gasteiger partial charge in [-0.25, -0.2) is 0 Å². The third-order valence-corrected chi connectivity index (χ3v) is 3.97. The number of carbonyl (C=O) groups excluding carboxylic acids is 1. The molecule has 1 heterocycles. The summed E-state index contributed by atoms with van der Waals surface area (Å²) < 4.78 is 0.435. The molecule has 2 rings (SSSR count). The SMILES string of the molecule is CN1C(=O)C(=Cc2ccc(O)c([N+](=O)[O-])c2)SC1=S. The number of phenols is 1. The average molecular weight is 296 g/mol. The molecule has 0 aliphatic carbocycles. The molecule has 0 spiro atoms. The summed E-state index contributed by atoms with van der Waals surface area (Å²) in [5, 5.41) is 20.0. The number of likely N-dealkylation sites (N-methyl/N-ethyl adjacent to an activating group) is 1. The Balaban J connectivity index is 2.39. The predicted molar refractivity (Wildman–Crippen MR) is 75.7 cm³/mol. The third-order valence-electron chi connectivity index (χ3n) is 2.48. The molecule has 0 atom stereocenters. The quantitative estimate of drug-likeness (QED) is 0.389. The number of thiocarbonyl (C=S) groups is 1. The number of nitro groups is 1. The fourth-order valence-corrected chi connectivity index (χ4v) is 2.65. The Morgan fingerprint density at radius 1 is 1.53 bits per heavy atom. The topological polar surface area (TPSA) is 83.7 Å². The molecule has 0 radical (unpaired) electrons. The van der Waals surface area contributed by atoms with Gasteiger partial charge in [-0.1, -0.05) is 30.0 Å². The van der Waals surface area contributed by atoms with Gasteiger partial charge in [0, 0.05) is 13.1 Å². The second kappa shape index (κ2) is 4.98. The van der Waals surface area contributed by atoms with Crippen LogP contribution in [0, 0.1) is 10.1 Å². The second-order valence-electron chi connectivity index (χ2n) is 3.75. The van der Waals surface area contributed by atoms with E-state index in [1.807, 2.05) is 0 Å². The van der Waals surface area contributed by atoms with E-state index in [1.54, 1.807) is 7.05 Å².